The molecule has 6 rings (SSSR count). The summed E-state index contributed by atoms with van der Waals surface area (Å²) in [6.45, 7) is 0.293. The number of fused-ring (bicyclic) bond motifs is 1. The zero-order chi connectivity index (χ0) is 32.6. The lowest BCUT2D eigenvalue weighted by Crippen LogP contribution is -2.54. The molecule has 2 aliphatic rings. The first-order valence-corrected chi connectivity index (χ1v) is 17.5. The zero-order valence-corrected chi connectivity index (χ0v) is 27.0. The van der Waals surface area contributed by atoms with E-state index in [1.165, 1.54) is 17.0 Å². The van der Waals surface area contributed by atoms with Gasteiger partial charge in [-0.15, -0.1) is 0 Å². The summed E-state index contributed by atoms with van der Waals surface area (Å²) in [6.07, 6.45) is 4.15. The van der Waals surface area contributed by atoms with Gasteiger partial charge in [0.2, 0.25) is 11.8 Å². The number of amides is 2. The van der Waals surface area contributed by atoms with Crippen LogP contribution in [0.1, 0.15) is 36.8 Å². The van der Waals surface area contributed by atoms with E-state index < -0.39 is 28.5 Å². The Bertz CT molecular complexity index is 1760. The van der Waals surface area contributed by atoms with Crippen molar-refractivity contribution in [2.45, 2.75) is 55.6 Å². The average Bonchev–Trinajstić information content (AvgIpc) is 3.62. The van der Waals surface area contributed by atoms with E-state index >= 15 is 0 Å². The smallest absolute Gasteiger partial charge is 0.264 e. The number of rotatable bonds is 12. The highest BCUT2D eigenvalue weighted by molar-refractivity contribution is 7.92. The molecule has 0 radical (unpaired) electrons. The maximum atomic E-state index is 14.7. The summed E-state index contributed by atoms with van der Waals surface area (Å²) >= 11 is 0. The first kappa shape index (κ1) is 32.1. The largest absolute Gasteiger partial charge is 0.486 e. The van der Waals surface area contributed by atoms with E-state index in [-0.39, 0.29) is 35.5 Å². The maximum Gasteiger partial charge on any atom is 0.264 e. The SMILES string of the molecule is O=C(NC1CCCC1)C(Cc1ccccc1)N(Cc1ccccc1)C(=O)CN(c1ccc2c(c1)OCCO2)S(=O)(=O)c1ccccc1. The summed E-state index contributed by atoms with van der Waals surface area (Å²) in [5.74, 6) is 0.140. The molecule has 244 valence electrons. The van der Waals surface area contributed by atoms with Crippen LogP contribution in [0, 0.1) is 0 Å². The highest BCUT2D eigenvalue weighted by Gasteiger charge is 2.36. The lowest BCUT2D eigenvalue weighted by Gasteiger charge is -2.34. The second-order valence-electron chi connectivity index (χ2n) is 11.9. The van der Waals surface area contributed by atoms with Gasteiger partial charge in [-0.05, 0) is 48.2 Å². The van der Waals surface area contributed by atoms with Crippen molar-refractivity contribution < 1.29 is 27.5 Å². The molecule has 0 saturated heterocycles. The van der Waals surface area contributed by atoms with Crippen molar-refractivity contribution in [2.24, 2.45) is 0 Å². The quantitative estimate of drug-likeness (QED) is 0.221. The van der Waals surface area contributed by atoms with Crippen LogP contribution in [0.25, 0.3) is 0 Å². The molecule has 0 aromatic heterocycles. The van der Waals surface area contributed by atoms with Gasteiger partial charge in [-0.1, -0.05) is 91.7 Å². The predicted octanol–water partition coefficient (Wildman–Crippen LogP) is 5.35. The second-order valence-corrected chi connectivity index (χ2v) is 13.7. The van der Waals surface area contributed by atoms with Gasteiger partial charge in [-0.2, -0.15) is 0 Å². The third-order valence-corrected chi connectivity index (χ3v) is 10.4. The molecule has 1 N–H and O–H groups in total. The van der Waals surface area contributed by atoms with Gasteiger partial charge in [-0.25, -0.2) is 8.42 Å². The van der Waals surface area contributed by atoms with Gasteiger partial charge >= 0.3 is 0 Å². The summed E-state index contributed by atoms with van der Waals surface area (Å²) in [4.78, 5) is 30.3. The van der Waals surface area contributed by atoms with Crippen molar-refractivity contribution in [2.75, 3.05) is 24.1 Å². The molecule has 0 bridgehead atoms. The summed E-state index contributed by atoms with van der Waals surface area (Å²) < 4.78 is 41.0. The molecular formula is C37H39N3O6S. The molecular weight excluding hydrogens is 614 g/mol. The number of carbonyl (C=O) groups is 2. The minimum Gasteiger partial charge on any atom is -0.486 e. The summed E-state index contributed by atoms with van der Waals surface area (Å²) in [5, 5.41) is 3.20. The van der Waals surface area contributed by atoms with Crippen molar-refractivity contribution in [3.8, 4) is 11.5 Å². The fraction of sp³-hybridized carbons (Fsp3) is 0.297. The molecule has 1 fully saturated rings. The van der Waals surface area contributed by atoms with Crippen LogP contribution in [0.2, 0.25) is 0 Å². The van der Waals surface area contributed by atoms with E-state index in [0.29, 0.717) is 24.7 Å². The lowest BCUT2D eigenvalue weighted by molar-refractivity contribution is -0.140. The number of benzene rings is 4. The van der Waals surface area contributed by atoms with Crippen LogP contribution < -0.4 is 19.1 Å². The van der Waals surface area contributed by atoms with Crippen LogP contribution in [0.5, 0.6) is 11.5 Å². The Hall–Kier alpha value is -4.83. The van der Waals surface area contributed by atoms with Crippen molar-refractivity contribution >= 4 is 27.5 Å². The minimum absolute atomic E-state index is 0.0390. The van der Waals surface area contributed by atoms with E-state index in [9.17, 15) is 18.0 Å². The average molecular weight is 654 g/mol. The van der Waals surface area contributed by atoms with E-state index in [4.69, 9.17) is 9.47 Å². The molecule has 1 saturated carbocycles. The first-order chi connectivity index (χ1) is 22.9. The van der Waals surface area contributed by atoms with Crippen molar-refractivity contribution in [1.29, 1.82) is 0 Å². The second kappa shape index (κ2) is 14.7. The van der Waals surface area contributed by atoms with Gasteiger partial charge in [0.1, 0.15) is 25.8 Å². The Kier molecular flexibility index (Phi) is 10.1. The normalized spacial score (nSPS) is 15.1. The maximum absolute atomic E-state index is 14.7. The van der Waals surface area contributed by atoms with E-state index in [0.717, 1.165) is 41.1 Å². The highest BCUT2D eigenvalue weighted by atomic mass is 32.2. The first-order valence-electron chi connectivity index (χ1n) is 16.0. The third-order valence-electron chi connectivity index (χ3n) is 8.59. The van der Waals surface area contributed by atoms with Crippen LogP contribution in [0.3, 0.4) is 0 Å². The van der Waals surface area contributed by atoms with Gasteiger partial charge in [0.15, 0.2) is 11.5 Å². The number of anilines is 1. The molecule has 4 aromatic carbocycles. The molecule has 9 nitrogen and oxygen atoms in total. The number of hydrogen-bond donors (Lipinski definition) is 1. The number of nitrogens with one attached hydrogen (secondary N) is 1. The Morgan fingerprint density at radius 1 is 0.766 bits per heavy atom. The van der Waals surface area contributed by atoms with Crippen LogP contribution in [0.4, 0.5) is 5.69 Å². The standard InChI is InChI=1S/C37H39N3O6S/c41-36(27-40(47(43,44)32-18-8-3-9-19-32)31-20-21-34-35(25-31)46-23-22-45-34)39(26-29-14-6-2-7-15-29)33(24-28-12-4-1-5-13-28)37(42)38-30-16-10-11-17-30/h1-9,12-15,18-21,25,30,33H,10-11,16-17,22-24,26-27H2,(H,38,42). The molecule has 1 aliphatic heterocycles. The molecule has 10 heteroatoms. The summed E-state index contributed by atoms with van der Waals surface area (Å²) in [6, 6.07) is 31.0. The van der Waals surface area contributed by atoms with Crippen molar-refractivity contribution in [3.63, 3.8) is 0 Å². The topological polar surface area (TPSA) is 105 Å². The molecule has 47 heavy (non-hydrogen) atoms. The summed E-state index contributed by atoms with van der Waals surface area (Å²) in [7, 11) is -4.22. The highest BCUT2D eigenvalue weighted by Crippen LogP contribution is 2.36. The van der Waals surface area contributed by atoms with Crippen LogP contribution in [0.15, 0.2) is 114 Å². The van der Waals surface area contributed by atoms with Gasteiger partial charge in [0.05, 0.1) is 10.6 Å². The van der Waals surface area contributed by atoms with Crippen molar-refractivity contribution in [3.05, 3.63) is 120 Å². The Balaban J connectivity index is 1.40. The van der Waals surface area contributed by atoms with E-state index in [2.05, 4.69) is 5.32 Å². The third kappa shape index (κ3) is 7.77. The predicted molar refractivity (Wildman–Crippen MR) is 180 cm³/mol. The minimum atomic E-state index is -4.22. The van der Waals surface area contributed by atoms with Crippen molar-refractivity contribution in [1.82, 2.24) is 10.2 Å². The zero-order valence-electron chi connectivity index (χ0n) is 26.2. The Morgan fingerprint density at radius 3 is 2.02 bits per heavy atom. The molecule has 4 aromatic rings. The van der Waals surface area contributed by atoms with Crippen LogP contribution in [-0.2, 0) is 32.6 Å². The van der Waals surface area contributed by atoms with Gasteiger partial charge in [0, 0.05) is 25.1 Å². The number of sulfonamides is 1. The molecule has 1 atom stereocenters. The van der Waals surface area contributed by atoms with Gasteiger partial charge in [-0.3, -0.25) is 13.9 Å². The van der Waals surface area contributed by atoms with Gasteiger partial charge in [0.25, 0.3) is 10.0 Å². The lowest BCUT2D eigenvalue weighted by atomic mass is 10.0. The van der Waals surface area contributed by atoms with Crippen LogP contribution >= 0.6 is 0 Å². The number of nitrogens with zero attached hydrogens (tertiary/aromatic N) is 2. The molecule has 1 unspecified atom stereocenters. The van der Waals surface area contributed by atoms with Crippen LogP contribution in [-0.4, -0.2) is 57.0 Å². The fourth-order valence-electron chi connectivity index (χ4n) is 6.14. The number of hydrogen-bond acceptors (Lipinski definition) is 6. The monoisotopic (exact) mass is 653 g/mol. The van der Waals surface area contributed by atoms with E-state index in [1.54, 1.807) is 36.4 Å². The Morgan fingerprint density at radius 2 is 1.36 bits per heavy atom. The van der Waals surface area contributed by atoms with Gasteiger partial charge < -0.3 is 19.7 Å². The molecule has 0 spiro atoms. The summed E-state index contributed by atoms with van der Waals surface area (Å²) in [5.41, 5.74) is 1.97. The molecule has 2 amide bonds. The van der Waals surface area contributed by atoms with E-state index in [1.807, 2.05) is 60.7 Å². The molecule has 1 heterocycles. The number of carbonyl (C=O) groups excluding carboxylic acids is 2. The Labute approximate surface area is 276 Å². The fourth-order valence-corrected chi connectivity index (χ4v) is 7.56. The molecule has 1 aliphatic carbocycles. The number of ether oxygens (including phenoxy) is 2.